The van der Waals surface area contributed by atoms with Gasteiger partial charge in [-0.3, -0.25) is 9.59 Å². The molecule has 130 valence electrons. The molecule has 0 bridgehead atoms. The molecule has 0 aromatic heterocycles. The predicted molar refractivity (Wildman–Crippen MR) is 89.0 cm³/mol. The Hall–Kier alpha value is -1.88. The standard InChI is InChI=1S/C19H25NO4/c1-19(2,3)24-17(21)11-14-9-10-16-20(18(14)22)15(12-23-16)13-7-5-4-6-8-13/h4-8,14-16H,9-12H2,1-3H3/t14-,15-,16+/m0/s1. The van der Waals surface area contributed by atoms with Crippen LogP contribution in [-0.4, -0.2) is 35.2 Å². The van der Waals surface area contributed by atoms with E-state index in [4.69, 9.17) is 9.47 Å². The van der Waals surface area contributed by atoms with Gasteiger partial charge in [0.1, 0.15) is 11.8 Å². The molecule has 0 saturated carbocycles. The van der Waals surface area contributed by atoms with Crippen molar-refractivity contribution in [3.05, 3.63) is 35.9 Å². The van der Waals surface area contributed by atoms with Gasteiger partial charge in [-0.05, 0) is 39.2 Å². The minimum Gasteiger partial charge on any atom is -0.460 e. The van der Waals surface area contributed by atoms with Crippen molar-refractivity contribution in [3.63, 3.8) is 0 Å². The zero-order valence-corrected chi connectivity index (χ0v) is 14.5. The second-order valence-corrected chi connectivity index (χ2v) is 7.52. The Morgan fingerprint density at radius 2 is 1.96 bits per heavy atom. The molecule has 2 aliphatic rings. The highest BCUT2D eigenvalue weighted by Gasteiger charge is 2.45. The number of fused-ring (bicyclic) bond motifs is 1. The van der Waals surface area contributed by atoms with Crippen molar-refractivity contribution < 1.29 is 19.1 Å². The van der Waals surface area contributed by atoms with Gasteiger partial charge in [0.05, 0.1) is 19.1 Å². The van der Waals surface area contributed by atoms with Crippen LogP contribution in [0.25, 0.3) is 0 Å². The monoisotopic (exact) mass is 331 g/mol. The molecule has 2 saturated heterocycles. The average molecular weight is 331 g/mol. The molecule has 1 amide bonds. The fourth-order valence-corrected chi connectivity index (χ4v) is 3.47. The van der Waals surface area contributed by atoms with Crippen molar-refractivity contribution in [3.8, 4) is 0 Å². The fourth-order valence-electron chi connectivity index (χ4n) is 3.47. The lowest BCUT2D eigenvalue weighted by atomic mass is 9.91. The minimum absolute atomic E-state index is 0.00321. The van der Waals surface area contributed by atoms with E-state index >= 15 is 0 Å². The first-order valence-electron chi connectivity index (χ1n) is 8.56. The van der Waals surface area contributed by atoms with Crippen LogP contribution in [0, 0.1) is 5.92 Å². The molecule has 24 heavy (non-hydrogen) atoms. The third kappa shape index (κ3) is 3.61. The molecule has 2 heterocycles. The summed E-state index contributed by atoms with van der Waals surface area (Å²) in [6, 6.07) is 9.86. The first-order valence-corrected chi connectivity index (χ1v) is 8.56. The van der Waals surface area contributed by atoms with Gasteiger partial charge < -0.3 is 14.4 Å². The molecular formula is C19H25NO4. The topological polar surface area (TPSA) is 55.8 Å². The molecule has 2 aliphatic heterocycles. The molecule has 1 aromatic rings. The number of hydrogen-bond donors (Lipinski definition) is 0. The first-order chi connectivity index (χ1) is 11.3. The summed E-state index contributed by atoms with van der Waals surface area (Å²) in [6.07, 6.45) is 1.40. The largest absolute Gasteiger partial charge is 0.460 e. The molecule has 5 heteroatoms. The van der Waals surface area contributed by atoms with Crippen LogP contribution in [0.5, 0.6) is 0 Å². The van der Waals surface area contributed by atoms with Crippen LogP contribution in [-0.2, 0) is 19.1 Å². The van der Waals surface area contributed by atoms with E-state index < -0.39 is 5.60 Å². The molecule has 2 fully saturated rings. The maximum absolute atomic E-state index is 12.9. The maximum atomic E-state index is 12.9. The van der Waals surface area contributed by atoms with E-state index in [1.54, 1.807) is 0 Å². The van der Waals surface area contributed by atoms with Crippen molar-refractivity contribution >= 4 is 11.9 Å². The number of rotatable bonds is 3. The van der Waals surface area contributed by atoms with E-state index in [0.717, 1.165) is 12.0 Å². The fraction of sp³-hybridized carbons (Fsp3) is 0.579. The van der Waals surface area contributed by atoms with Gasteiger partial charge in [-0.2, -0.15) is 0 Å². The Kier molecular flexibility index (Phi) is 4.63. The number of ether oxygens (including phenoxy) is 2. The van der Waals surface area contributed by atoms with E-state index in [1.807, 2.05) is 56.0 Å². The highest BCUT2D eigenvalue weighted by atomic mass is 16.6. The lowest BCUT2D eigenvalue weighted by Gasteiger charge is -2.36. The van der Waals surface area contributed by atoms with Crippen LogP contribution >= 0.6 is 0 Å². The lowest BCUT2D eigenvalue weighted by Crippen LogP contribution is -2.46. The van der Waals surface area contributed by atoms with E-state index in [2.05, 4.69) is 0 Å². The van der Waals surface area contributed by atoms with Crippen LogP contribution in [0.15, 0.2) is 30.3 Å². The third-order valence-electron chi connectivity index (χ3n) is 4.48. The Bertz CT molecular complexity index is 608. The Morgan fingerprint density at radius 3 is 2.62 bits per heavy atom. The smallest absolute Gasteiger partial charge is 0.307 e. The molecule has 5 nitrogen and oxygen atoms in total. The summed E-state index contributed by atoms with van der Waals surface area (Å²) < 4.78 is 11.2. The second kappa shape index (κ2) is 6.55. The Labute approximate surface area is 142 Å². The van der Waals surface area contributed by atoms with Crippen molar-refractivity contribution in [2.45, 2.75) is 57.9 Å². The van der Waals surface area contributed by atoms with Crippen LogP contribution in [0.4, 0.5) is 0 Å². The second-order valence-electron chi connectivity index (χ2n) is 7.52. The van der Waals surface area contributed by atoms with E-state index in [-0.39, 0.29) is 36.5 Å². The van der Waals surface area contributed by atoms with E-state index in [0.29, 0.717) is 13.0 Å². The number of esters is 1. The summed E-state index contributed by atoms with van der Waals surface area (Å²) in [5.41, 5.74) is 0.548. The molecule has 0 aliphatic carbocycles. The molecule has 0 N–H and O–H groups in total. The highest BCUT2D eigenvalue weighted by Crippen LogP contribution is 2.38. The number of nitrogens with zero attached hydrogens (tertiary/aromatic N) is 1. The normalized spacial score (nSPS) is 27.0. The Morgan fingerprint density at radius 1 is 1.25 bits per heavy atom. The molecule has 3 rings (SSSR count). The number of carbonyl (C=O) groups is 2. The number of piperidine rings is 1. The van der Waals surface area contributed by atoms with Crippen molar-refractivity contribution in [1.29, 1.82) is 0 Å². The van der Waals surface area contributed by atoms with Crippen LogP contribution < -0.4 is 0 Å². The number of carbonyl (C=O) groups excluding carboxylic acids is 2. The number of amides is 1. The minimum atomic E-state index is -0.527. The van der Waals surface area contributed by atoms with Crippen molar-refractivity contribution in [2.24, 2.45) is 5.92 Å². The maximum Gasteiger partial charge on any atom is 0.307 e. The SMILES string of the molecule is CC(C)(C)OC(=O)C[C@@H]1CC[C@H]2OC[C@@H](c3ccccc3)N2C1=O. The van der Waals surface area contributed by atoms with Crippen LogP contribution in [0.3, 0.4) is 0 Å². The summed E-state index contributed by atoms with van der Waals surface area (Å²) in [6.45, 7) is 6.02. The van der Waals surface area contributed by atoms with Gasteiger partial charge in [0.2, 0.25) is 5.91 Å². The van der Waals surface area contributed by atoms with Gasteiger partial charge in [-0.1, -0.05) is 30.3 Å². The van der Waals surface area contributed by atoms with Gasteiger partial charge in [0.15, 0.2) is 0 Å². The zero-order valence-electron chi connectivity index (χ0n) is 14.5. The summed E-state index contributed by atoms with van der Waals surface area (Å²) in [7, 11) is 0. The molecule has 0 unspecified atom stereocenters. The van der Waals surface area contributed by atoms with Gasteiger partial charge in [-0.25, -0.2) is 0 Å². The zero-order chi connectivity index (χ0) is 17.3. The molecular weight excluding hydrogens is 306 g/mol. The highest BCUT2D eigenvalue weighted by molar-refractivity contribution is 5.85. The third-order valence-corrected chi connectivity index (χ3v) is 4.48. The van der Waals surface area contributed by atoms with Crippen LogP contribution in [0.1, 0.15) is 51.6 Å². The lowest BCUT2D eigenvalue weighted by molar-refractivity contribution is -0.162. The van der Waals surface area contributed by atoms with E-state index in [9.17, 15) is 9.59 Å². The summed E-state index contributed by atoms with van der Waals surface area (Å²) in [5, 5.41) is 0. The van der Waals surface area contributed by atoms with Crippen LogP contribution in [0.2, 0.25) is 0 Å². The Balaban J connectivity index is 1.71. The average Bonchev–Trinajstić information content (AvgIpc) is 2.94. The first kappa shape index (κ1) is 17.0. The predicted octanol–water partition coefficient (Wildman–Crippen LogP) is 3.05. The molecule has 0 radical (unpaired) electrons. The molecule has 1 aromatic carbocycles. The van der Waals surface area contributed by atoms with Gasteiger partial charge in [0.25, 0.3) is 0 Å². The van der Waals surface area contributed by atoms with Crippen molar-refractivity contribution in [1.82, 2.24) is 4.90 Å². The van der Waals surface area contributed by atoms with Gasteiger partial charge >= 0.3 is 5.97 Å². The summed E-state index contributed by atoms with van der Waals surface area (Å²) >= 11 is 0. The van der Waals surface area contributed by atoms with Gasteiger partial charge in [0, 0.05) is 5.92 Å². The molecule has 3 atom stereocenters. The number of hydrogen-bond acceptors (Lipinski definition) is 4. The van der Waals surface area contributed by atoms with Crippen molar-refractivity contribution in [2.75, 3.05) is 6.61 Å². The summed E-state index contributed by atoms with van der Waals surface area (Å²) in [5.74, 6) is -0.622. The summed E-state index contributed by atoms with van der Waals surface area (Å²) in [4.78, 5) is 26.8. The molecule has 0 spiro atoms. The quantitative estimate of drug-likeness (QED) is 0.799. The van der Waals surface area contributed by atoms with Gasteiger partial charge in [-0.15, -0.1) is 0 Å². The number of benzene rings is 1. The van der Waals surface area contributed by atoms with E-state index in [1.165, 1.54) is 0 Å².